The van der Waals surface area contributed by atoms with Crippen LogP contribution < -0.4 is 0 Å². The van der Waals surface area contributed by atoms with E-state index in [1.165, 1.54) is 11.3 Å². The Morgan fingerprint density at radius 1 is 1.23 bits per heavy atom. The van der Waals surface area contributed by atoms with E-state index < -0.39 is 0 Å². The first-order valence-corrected chi connectivity index (χ1v) is 5.08. The summed E-state index contributed by atoms with van der Waals surface area (Å²) in [5, 5.41) is 0. The first kappa shape index (κ1) is 10.6. The van der Waals surface area contributed by atoms with Crippen LogP contribution in [0.3, 0.4) is 0 Å². The molecule has 13 heavy (non-hydrogen) atoms. The van der Waals surface area contributed by atoms with Crippen molar-refractivity contribution in [1.29, 1.82) is 0 Å². The van der Waals surface area contributed by atoms with E-state index in [9.17, 15) is 0 Å². The number of likely N-dealkylation sites (N-methyl/N-ethyl adjacent to an activating group) is 1. The van der Waals surface area contributed by atoms with Gasteiger partial charge in [0, 0.05) is 12.5 Å². The van der Waals surface area contributed by atoms with Crippen molar-refractivity contribution in [1.82, 2.24) is 4.90 Å². The molecule has 1 aliphatic rings. The predicted molar refractivity (Wildman–Crippen MR) is 55.5 cm³/mol. The van der Waals surface area contributed by atoms with E-state index >= 15 is 0 Å². The van der Waals surface area contributed by atoms with Crippen molar-refractivity contribution >= 4 is 0 Å². The summed E-state index contributed by atoms with van der Waals surface area (Å²) in [5.74, 6) is 2.56. The molecule has 0 aromatic carbocycles. The summed E-state index contributed by atoms with van der Waals surface area (Å²) in [4.78, 5) is 2.21. The SMILES string of the molecule is CCOC1=C(CN(C)C)[C@H](C)[C@@H]1C. The van der Waals surface area contributed by atoms with E-state index in [0.717, 1.165) is 13.2 Å². The van der Waals surface area contributed by atoms with E-state index in [2.05, 4.69) is 39.8 Å². The highest BCUT2D eigenvalue weighted by Crippen LogP contribution is 2.40. The standard InChI is InChI=1S/C11H21NO/c1-6-13-11-9(3)8(2)10(11)7-12(4)5/h8-9H,6-7H2,1-5H3/t8-,9+/m1/s1. The Kier molecular flexibility index (Phi) is 3.37. The molecule has 0 saturated heterocycles. The molecule has 0 fully saturated rings. The average molecular weight is 183 g/mol. The predicted octanol–water partition coefficient (Wildman–Crippen LogP) is 2.12. The highest BCUT2D eigenvalue weighted by Gasteiger charge is 2.35. The largest absolute Gasteiger partial charge is 0.498 e. The summed E-state index contributed by atoms with van der Waals surface area (Å²) < 4.78 is 5.63. The van der Waals surface area contributed by atoms with Gasteiger partial charge >= 0.3 is 0 Å². The number of hydrogen-bond donors (Lipinski definition) is 0. The van der Waals surface area contributed by atoms with Crippen molar-refractivity contribution in [3.8, 4) is 0 Å². The van der Waals surface area contributed by atoms with E-state index in [1.807, 2.05) is 0 Å². The zero-order valence-electron chi connectivity index (χ0n) is 9.42. The highest BCUT2D eigenvalue weighted by molar-refractivity contribution is 5.28. The van der Waals surface area contributed by atoms with Gasteiger partial charge in [0.2, 0.25) is 0 Å². The Morgan fingerprint density at radius 3 is 2.31 bits per heavy atom. The summed E-state index contributed by atoms with van der Waals surface area (Å²) in [7, 11) is 4.21. The highest BCUT2D eigenvalue weighted by atomic mass is 16.5. The molecule has 0 aromatic rings. The van der Waals surface area contributed by atoms with Crippen molar-refractivity contribution in [2.24, 2.45) is 11.8 Å². The van der Waals surface area contributed by atoms with Gasteiger partial charge in [-0.2, -0.15) is 0 Å². The van der Waals surface area contributed by atoms with Crippen molar-refractivity contribution in [2.45, 2.75) is 20.8 Å². The molecule has 0 spiro atoms. The molecule has 0 saturated carbocycles. The molecule has 0 aromatic heterocycles. The first-order valence-electron chi connectivity index (χ1n) is 5.08. The molecule has 76 valence electrons. The van der Waals surface area contributed by atoms with Gasteiger partial charge in [-0.15, -0.1) is 0 Å². The zero-order chi connectivity index (χ0) is 10.0. The van der Waals surface area contributed by atoms with Crippen LogP contribution in [0, 0.1) is 11.8 Å². The zero-order valence-corrected chi connectivity index (χ0v) is 9.42. The van der Waals surface area contributed by atoms with Crippen LogP contribution in [0.2, 0.25) is 0 Å². The van der Waals surface area contributed by atoms with Gasteiger partial charge in [-0.05, 0) is 32.5 Å². The molecule has 1 rings (SSSR count). The normalized spacial score (nSPS) is 27.8. The second-order valence-corrected chi connectivity index (χ2v) is 4.14. The summed E-state index contributed by atoms with van der Waals surface area (Å²) in [6.07, 6.45) is 0. The van der Waals surface area contributed by atoms with Gasteiger partial charge in [0.15, 0.2) is 0 Å². The summed E-state index contributed by atoms with van der Waals surface area (Å²) in [5.41, 5.74) is 1.49. The lowest BCUT2D eigenvalue weighted by molar-refractivity contribution is 0.136. The Hall–Kier alpha value is -0.500. The Labute approximate surface area is 81.6 Å². The lowest BCUT2D eigenvalue weighted by atomic mass is 9.74. The second kappa shape index (κ2) is 4.14. The number of hydrogen-bond acceptors (Lipinski definition) is 2. The maximum atomic E-state index is 5.63. The van der Waals surface area contributed by atoms with Crippen LogP contribution in [0.4, 0.5) is 0 Å². The quantitative estimate of drug-likeness (QED) is 0.662. The molecule has 0 aliphatic heterocycles. The first-order chi connectivity index (χ1) is 6.07. The fraction of sp³-hybridized carbons (Fsp3) is 0.818. The minimum atomic E-state index is 0.620. The number of ether oxygens (including phenoxy) is 1. The van der Waals surface area contributed by atoms with Crippen LogP contribution in [0.5, 0.6) is 0 Å². The molecule has 0 bridgehead atoms. The summed E-state index contributed by atoms with van der Waals surface area (Å²) in [6.45, 7) is 8.42. The Balaban J connectivity index is 2.65. The van der Waals surface area contributed by atoms with Crippen molar-refractivity contribution < 1.29 is 4.74 Å². The van der Waals surface area contributed by atoms with Gasteiger partial charge in [-0.25, -0.2) is 0 Å². The van der Waals surface area contributed by atoms with Crippen LogP contribution in [0.15, 0.2) is 11.3 Å². The minimum Gasteiger partial charge on any atom is -0.498 e. The van der Waals surface area contributed by atoms with Crippen LogP contribution in [-0.4, -0.2) is 32.1 Å². The van der Waals surface area contributed by atoms with E-state index in [4.69, 9.17) is 4.74 Å². The Morgan fingerprint density at radius 2 is 1.85 bits per heavy atom. The molecule has 2 nitrogen and oxygen atoms in total. The molecule has 0 radical (unpaired) electrons. The monoisotopic (exact) mass is 183 g/mol. The van der Waals surface area contributed by atoms with Crippen molar-refractivity contribution in [3.05, 3.63) is 11.3 Å². The van der Waals surface area contributed by atoms with Crippen LogP contribution in [0.1, 0.15) is 20.8 Å². The van der Waals surface area contributed by atoms with Crippen LogP contribution in [-0.2, 0) is 4.74 Å². The third-order valence-corrected chi connectivity index (χ3v) is 2.82. The molecule has 0 N–H and O–H groups in total. The third kappa shape index (κ3) is 2.05. The lowest BCUT2D eigenvalue weighted by Gasteiger charge is -2.38. The molecule has 0 heterocycles. The minimum absolute atomic E-state index is 0.620. The maximum absolute atomic E-state index is 5.63. The second-order valence-electron chi connectivity index (χ2n) is 4.14. The molecule has 2 heteroatoms. The van der Waals surface area contributed by atoms with Gasteiger partial charge < -0.3 is 9.64 Å². The molecular weight excluding hydrogens is 162 g/mol. The molecular formula is C11H21NO. The number of rotatable bonds is 4. The summed E-state index contributed by atoms with van der Waals surface area (Å²) >= 11 is 0. The smallest absolute Gasteiger partial charge is 0.100 e. The number of allylic oxidation sites excluding steroid dienone is 1. The Bertz CT molecular complexity index is 208. The van der Waals surface area contributed by atoms with E-state index in [-0.39, 0.29) is 0 Å². The van der Waals surface area contributed by atoms with Crippen molar-refractivity contribution in [3.63, 3.8) is 0 Å². The third-order valence-electron chi connectivity index (χ3n) is 2.82. The van der Waals surface area contributed by atoms with Gasteiger partial charge in [-0.3, -0.25) is 0 Å². The van der Waals surface area contributed by atoms with Gasteiger partial charge in [-0.1, -0.05) is 13.8 Å². The molecule has 0 unspecified atom stereocenters. The molecule has 1 aliphatic carbocycles. The molecule has 2 atom stereocenters. The molecule has 0 amide bonds. The topological polar surface area (TPSA) is 12.5 Å². The van der Waals surface area contributed by atoms with Crippen LogP contribution >= 0.6 is 0 Å². The average Bonchev–Trinajstić information content (AvgIpc) is 2.10. The van der Waals surface area contributed by atoms with Gasteiger partial charge in [0.1, 0.15) is 5.76 Å². The fourth-order valence-electron chi connectivity index (χ4n) is 1.89. The van der Waals surface area contributed by atoms with E-state index in [1.54, 1.807) is 0 Å². The maximum Gasteiger partial charge on any atom is 0.100 e. The van der Waals surface area contributed by atoms with E-state index in [0.29, 0.717) is 11.8 Å². The summed E-state index contributed by atoms with van der Waals surface area (Å²) in [6, 6.07) is 0. The van der Waals surface area contributed by atoms with Gasteiger partial charge in [0.25, 0.3) is 0 Å². The van der Waals surface area contributed by atoms with Crippen molar-refractivity contribution in [2.75, 3.05) is 27.2 Å². The lowest BCUT2D eigenvalue weighted by Crippen LogP contribution is -2.34. The number of nitrogens with zero attached hydrogens (tertiary/aromatic N) is 1. The van der Waals surface area contributed by atoms with Gasteiger partial charge in [0.05, 0.1) is 6.61 Å². The van der Waals surface area contributed by atoms with Crippen LogP contribution in [0.25, 0.3) is 0 Å². The fourth-order valence-corrected chi connectivity index (χ4v) is 1.89.